The number of anilines is 1. The van der Waals surface area contributed by atoms with Crippen molar-refractivity contribution < 1.29 is 27.5 Å². The summed E-state index contributed by atoms with van der Waals surface area (Å²) in [4.78, 5) is 29.1. The Morgan fingerprint density at radius 3 is 2.11 bits per heavy atom. The first-order valence-corrected chi connectivity index (χ1v) is 15.6. The van der Waals surface area contributed by atoms with E-state index >= 15 is 0 Å². The van der Waals surface area contributed by atoms with Crippen LogP contribution in [0.25, 0.3) is 0 Å². The van der Waals surface area contributed by atoms with Crippen molar-refractivity contribution in [3.8, 4) is 11.5 Å². The molecule has 9 nitrogen and oxygen atoms in total. The molecule has 11 heteroatoms. The summed E-state index contributed by atoms with van der Waals surface area (Å²) >= 11 is 6.50. The minimum absolute atomic E-state index is 0.0359. The van der Waals surface area contributed by atoms with Crippen LogP contribution in [-0.4, -0.2) is 59.0 Å². The van der Waals surface area contributed by atoms with Gasteiger partial charge in [-0.25, -0.2) is 8.42 Å². The van der Waals surface area contributed by atoms with E-state index in [-0.39, 0.29) is 29.3 Å². The third kappa shape index (κ3) is 7.50. The fraction of sp³-hybridized carbons (Fsp3) is 0.212. The molecule has 0 radical (unpaired) electrons. The van der Waals surface area contributed by atoms with Crippen LogP contribution in [0.15, 0.2) is 108 Å². The van der Waals surface area contributed by atoms with E-state index in [1.54, 1.807) is 48.5 Å². The molecule has 0 saturated carbocycles. The largest absolute Gasteiger partial charge is 0.497 e. The molecular formula is C33H34ClN3O6S. The fourth-order valence-electron chi connectivity index (χ4n) is 4.75. The predicted octanol–water partition coefficient (Wildman–Crippen LogP) is 4.94. The Balaban J connectivity index is 1.82. The van der Waals surface area contributed by atoms with Crippen LogP contribution >= 0.6 is 11.6 Å². The van der Waals surface area contributed by atoms with E-state index in [0.717, 1.165) is 9.87 Å². The van der Waals surface area contributed by atoms with E-state index in [0.29, 0.717) is 16.3 Å². The highest BCUT2D eigenvalue weighted by Gasteiger charge is 2.35. The molecule has 230 valence electrons. The van der Waals surface area contributed by atoms with Crippen molar-refractivity contribution in [2.45, 2.75) is 23.9 Å². The van der Waals surface area contributed by atoms with Crippen molar-refractivity contribution >= 4 is 39.1 Å². The van der Waals surface area contributed by atoms with E-state index in [9.17, 15) is 18.0 Å². The molecule has 1 unspecified atom stereocenters. The van der Waals surface area contributed by atoms with Crippen LogP contribution in [0.1, 0.15) is 11.1 Å². The molecule has 4 aromatic carbocycles. The second kappa shape index (κ2) is 14.8. The number of ether oxygens (including phenoxy) is 2. The first-order chi connectivity index (χ1) is 21.2. The Morgan fingerprint density at radius 1 is 0.841 bits per heavy atom. The Labute approximate surface area is 263 Å². The van der Waals surface area contributed by atoms with Crippen molar-refractivity contribution in [3.63, 3.8) is 0 Å². The lowest BCUT2D eigenvalue weighted by molar-refractivity contribution is -0.139. The smallest absolute Gasteiger partial charge is 0.264 e. The van der Waals surface area contributed by atoms with Gasteiger partial charge in [0.25, 0.3) is 10.0 Å². The summed E-state index contributed by atoms with van der Waals surface area (Å²) < 4.78 is 40.1. The molecule has 0 aliphatic carbocycles. The molecule has 1 N–H and O–H groups in total. The quantitative estimate of drug-likeness (QED) is 0.223. The number of hydrogen-bond donors (Lipinski definition) is 1. The number of para-hydroxylation sites is 2. The van der Waals surface area contributed by atoms with Gasteiger partial charge in [-0.1, -0.05) is 72.3 Å². The first kappa shape index (κ1) is 32.4. The van der Waals surface area contributed by atoms with Gasteiger partial charge in [-0.05, 0) is 53.6 Å². The van der Waals surface area contributed by atoms with E-state index in [4.69, 9.17) is 21.1 Å². The molecule has 4 rings (SSSR count). The zero-order valence-electron chi connectivity index (χ0n) is 24.6. The molecule has 1 atom stereocenters. The van der Waals surface area contributed by atoms with Gasteiger partial charge in [-0.3, -0.25) is 13.9 Å². The number of methoxy groups -OCH3 is 2. The number of benzene rings is 4. The van der Waals surface area contributed by atoms with E-state index in [1.807, 2.05) is 30.3 Å². The van der Waals surface area contributed by atoms with E-state index in [1.165, 1.54) is 50.4 Å². The third-order valence-corrected chi connectivity index (χ3v) is 9.24. The van der Waals surface area contributed by atoms with E-state index in [2.05, 4.69) is 5.32 Å². The van der Waals surface area contributed by atoms with Gasteiger partial charge in [0.1, 0.15) is 24.1 Å². The number of rotatable bonds is 13. The summed E-state index contributed by atoms with van der Waals surface area (Å²) in [6, 6.07) is 27.7. The summed E-state index contributed by atoms with van der Waals surface area (Å²) in [5.41, 5.74) is 1.59. The lowest BCUT2D eigenvalue weighted by Crippen LogP contribution is -2.53. The van der Waals surface area contributed by atoms with Crippen LogP contribution in [0.5, 0.6) is 11.5 Å². The van der Waals surface area contributed by atoms with Gasteiger partial charge >= 0.3 is 0 Å². The van der Waals surface area contributed by atoms with Crippen molar-refractivity contribution in [3.05, 3.63) is 119 Å². The SMILES string of the molecule is CNC(=O)C(Cc1ccccc1)N(Cc1ccccc1Cl)C(=O)CN(c1ccccc1OC)S(=O)(=O)c1ccc(OC)cc1. The van der Waals surface area contributed by atoms with Crippen LogP contribution in [0.4, 0.5) is 5.69 Å². The maximum absolute atomic E-state index is 14.4. The second-order valence-corrected chi connectivity index (χ2v) is 12.1. The van der Waals surface area contributed by atoms with Crippen molar-refractivity contribution in [1.82, 2.24) is 10.2 Å². The zero-order valence-corrected chi connectivity index (χ0v) is 26.2. The molecule has 0 aliphatic heterocycles. The number of likely N-dealkylation sites (N-methyl/N-ethyl adjacent to an activating group) is 1. The van der Waals surface area contributed by atoms with Gasteiger partial charge in [0.15, 0.2) is 0 Å². The molecular weight excluding hydrogens is 602 g/mol. The Hall–Kier alpha value is -4.54. The van der Waals surface area contributed by atoms with Crippen molar-refractivity contribution in [1.29, 1.82) is 0 Å². The third-order valence-electron chi connectivity index (χ3n) is 7.10. The molecule has 0 fully saturated rings. The summed E-state index contributed by atoms with van der Waals surface area (Å²) in [6.45, 7) is -0.659. The summed E-state index contributed by atoms with van der Waals surface area (Å²) in [7, 11) is 0.0878. The number of halogens is 1. The average Bonchev–Trinajstić information content (AvgIpc) is 3.05. The normalized spacial score (nSPS) is 11.7. The summed E-state index contributed by atoms with van der Waals surface area (Å²) in [5, 5.41) is 3.07. The standard InChI is InChI=1S/C33H34ClN3O6S/c1-35-33(39)30(21-24-11-5-4-6-12-24)36(22-25-13-7-8-14-28(25)34)32(38)23-37(29-15-9-10-16-31(29)43-3)44(40,41)27-19-17-26(42-2)18-20-27/h4-20,30H,21-23H2,1-3H3,(H,35,39). The lowest BCUT2D eigenvalue weighted by atomic mass is 10.0. The highest BCUT2D eigenvalue weighted by molar-refractivity contribution is 7.92. The van der Waals surface area contributed by atoms with Crippen LogP contribution < -0.4 is 19.1 Å². The average molecular weight is 636 g/mol. The first-order valence-electron chi connectivity index (χ1n) is 13.8. The van der Waals surface area contributed by atoms with Gasteiger partial charge in [-0.2, -0.15) is 0 Å². The molecule has 4 aromatic rings. The number of nitrogens with zero attached hydrogens (tertiary/aromatic N) is 2. The number of nitrogens with one attached hydrogen (secondary N) is 1. The topological polar surface area (TPSA) is 105 Å². The molecule has 44 heavy (non-hydrogen) atoms. The van der Waals surface area contributed by atoms with Crippen molar-refractivity contribution in [2.24, 2.45) is 0 Å². The lowest BCUT2D eigenvalue weighted by Gasteiger charge is -2.34. The number of carbonyl (C=O) groups excluding carboxylic acids is 2. The molecule has 0 aliphatic rings. The van der Waals surface area contributed by atoms with Gasteiger partial charge in [-0.15, -0.1) is 0 Å². The minimum atomic E-state index is -4.31. The molecule has 0 saturated heterocycles. The van der Waals surface area contributed by atoms with Gasteiger partial charge in [0.2, 0.25) is 11.8 Å². The number of carbonyl (C=O) groups is 2. The minimum Gasteiger partial charge on any atom is -0.497 e. The van der Waals surface area contributed by atoms with Crippen LogP contribution in [0.2, 0.25) is 5.02 Å². The molecule has 0 spiro atoms. The Kier molecular flexibility index (Phi) is 10.9. The number of hydrogen-bond acceptors (Lipinski definition) is 6. The fourth-order valence-corrected chi connectivity index (χ4v) is 6.37. The predicted molar refractivity (Wildman–Crippen MR) is 171 cm³/mol. The highest BCUT2D eigenvalue weighted by atomic mass is 35.5. The van der Waals surface area contributed by atoms with Crippen LogP contribution in [0.3, 0.4) is 0 Å². The monoisotopic (exact) mass is 635 g/mol. The van der Waals surface area contributed by atoms with E-state index < -0.39 is 34.4 Å². The Bertz CT molecular complexity index is 1680. The molecule has 0 bridgehead atoms. The van der Waals surface area contributed by atoms with Crippen molar-refractivity contribution in [2.75, 3.05) is 32.1 Å². The number of amides is 2. The molecule has 0 heterocycles. The summed E-state index contributed by atoms with van der Waals surface area (Å²) in [6.07, 6.45) is 0.191. The maximum Gasteiger partial charge on any atom is 0.264 e. The second-order valence-electron chi connectivity index (χ2n) is 9.79. The zero-order chi connectivity index (χ0) is 31.7. The Morgan fingerprint density at radius 2 is 1.48 bits per heavy atom. The molecule has 2 amide bonds. The van der Waals surface area contributed by atoms with Gasteiger partial charge < -0.3 is 19.7 Å². The van der Waals surface area contributed by atoms with Crippen LogP contribution in [0, 0.1) is 0 Å². The van der Waals surface area contributed by atoms with Crippen LogP contribution in [-0.2, 0) is 32.6 Å². The van der Waals surface area contributed by atoms with Gasteiger partial charge in [0.05, 0.1) is 24.8 Å². The highest BCUT2D eigenvalue weighted by Crippen LogP contribution is 2.33. The number of sulfonamides is 1. The molecule has 0 aromatic heterocycles. The van der Waals surface area contributed by atoms with Gasteiger partial charge in [0, 0.05) is 25.0 Å². The summed E-state index contributed by atoms with van der Waals surface area (Å²) in [5.74, 6) is -0.292. The maximum atomic E-state index is 14.4.